The highest BCUT2D eigenvalue weighted by Crippen LogP contribution is 2.15. The largest absolute Gasteiger partial charge is 0.508 e. The van der Waals surface area contributed by atoms with Gasteiger partial charge >= 0.3 is 6.03 Å². The van der Waals surface area contributed by atoms with E-state index in [4.69, 9.17) is 0 Å². The van der Waals surface area contributed by atoms with Gasteiger partial charge in [0.25, 0.3) is 5.91 Å². The molecule has 0 atom stereocenters. The van der Waals surface area contributed by atoms with Crippen molar-refractivity contribution in [3.05, 3.63) is 78.0 Å². The molecular formula is C20H17N3O4. The lowest BCUT2D eigenvalue weighted by Gasteiger charge is -2.11. The van der Waals surface area contributed by atoms with E-state index in [1.54, 1.807) is 12.2 Å². The normalized spacial score (nSPS) is 15.4. The molecule has 27 heavy (non-hydrogen) atoms. The Hall–Kier alpha value is -3.87. The molecule has 7 nitrogen and oxygen atoms in total. The van der Waals surface area contributed by atoms with Gasteiger partial charge in [-0.3, -0.25) is 9.59 Å². The highest BCUT2D eigenvalue weighted by Gasteiger charge is 2.34. The zero-order valence-corrected chi connectivity index (χ0v) is 14.3. The van der Waals surface area contributed by atoms with Crippen molar-refractivity contribution in [1.29, 1.82) is 0 Å². The predicted molar refractivity (Wildman–Crippen MR) is 101 cm³/mol. The number of allylic oxidation sites excluding steroid dienone is 2. The van der Waals surface area contributed by atoms with E-state index >= 15 is 0 Å². The fourth-order valence-corrected chi connectivity index (χ4v) is 2.44. The molecule has 1 aliphatic rings. The summed E-state index contributed by atoms with van der Waals surface area (Å²) in [5.74, 6) is -1.02. The Balaban J connectivity index is 1.61. The van der Waals surface area contributed by atoms with Gasteiger partial charge < -0.3 is 15.7 Å². The number of carbonyl (C=O) groups is 3. The Morgan fingerprint density at radius 2 is 1.78 bits per heavy atom. The van der Waals surface area contributed by atoms with E-state index in [-0.39, 0.29) is 11.4 Å². The smallest absolute Gasteiger partial charge is 0.329 e. The molecule has 0 saturated carbocycles. The number of aromatic hydroxyl groups is 1. The van der Waals surface area contributed by atoms with Crippen LogP contribution in [0.25, 0.3) is 6.08 Å². The van der Waals surface area contributed by atoms with Crippen LogP contribution in [0.15, 0.2) is 72.4 Å². The number of carbonyl (C=O) groups excluding carboxylic acids is 3. The van der Waals surface area contributed by atoms with Gasteiger partial charge in [0.15, 0.2) is 0 Å². The van der Waals surface area contributed by atoms with Crippen molar-refractivity contribution < 1.29 is 19.5 Å². The van der Waals surface area contributed by atoms with Crippen molar-refractivity contribution in [2.45, 2.75) is 0 Å². The molecule has 0 aliphatic carbocycles. The number of amides is 4. The maximum atomic E-state index is 12.3. The molecule has 2 aromatic rings. The van der Waals surface area contributed by atoms with Crippen LogP contribution in [0.1, 0.15) is 5.56 Å². The summed E-state index contributed by atoms with van der Waals surface area (Å²) in [6.45, 7) is -0.411. The summed E-state index contributed by atoms with van der Waals surface area (Å²) in [4.78, 5) is 37.2. The molecule has 0 aromatic heterocycles. The second-order valence-electron chi connectivity index (χ2n) is 5.77. The predicted octanol–water partition coefficient (Wildman–Crippen LogP) is 2.48. The van der Waals surface area contributed by atoms with Crippen LogP contribution in [0.5, 0.6) is 5.75 Å². The summed E-state index contributed by atoms with van der Waals surface area (Å²) in [6, 6.07) is 14.7. The number of urea groups is 1. The van der Waals surface area contributed by atoms with E-state index in [0.29, 0.717) is 5.69 Å². The first kappa shape index (κ1) is 17.9. The second-order valence-corrected chi connectivity index (χ2v) is 5.77. The zero-order chi connectivity index (χ0) is 19.2. The Morgan fingerprint density at radius 1 is 1.07 bits per heavy atom. The highest BCUT2D eigenvalue weighted by molar-refractivity contribution is 6.14. The van der Waals surface area contributed by atoms with E-state index < -0.39 is 24.4 Å². The maximum Gasteiger partial charge on any atom is 0.329 e. The Labute approximate surface area is 155 Å². The van der Waals surface area contributed by atoms with Crippen LogP contribution in [-0.4, -0.2) is 34.4 Å². The van der Waals surface area contributed by atoms with Crippen LogP contribution in [-0.2, 0) is 9.59 Å². The quantitative estimate of drug-likeness (QED) is 0.432. The number of nitrogens with zero attached hydrogens (tertiary/aromatic N) is 1. The van der Waals surface area contributed by atoms with Crippen LogP contribution >= 0.6 is 0 Å². The van der Waals surface area contributed by atoms with Crippen LogP contribution in [0.4, 0.5) is 10.5 Å². The Morgan fingerprint density at radius 3 is 2.48 bits per heavy atom. The Kier molecular flexibility index (Phi) is 5.32. The topological polar surface area (TPSA) is 98.7 Å². The lowest BCUT2D eigenvalue weighted by molar-refractivity contribution is -0.127. The fourth-order valence-electron chi connectivity index (χ4n) is 2.44. The van der Waals surface area contributed by atoms with Gasteiger partial charge in [0, 0.05) is 5.69 Å². The van der Waals surface area contributed by atoms with Crippen LogP contribution in [0.2, 0.25) is 0 Å². The molecule has 0 bridgehead atoms. The number of benzene rings is 2. The molecule has 1 aliphatic heterocycles. The SMILES string of the molecule is O=C(CN1C(=O)N/C(=C\C=C\c2ccccc2)C1=O)Nc1ccc(O)cc1. The molecule has 0 unspecified atom stereocenters. The fraction of sp³-hybridized carbons (Fsp3) is 0.0500. The molecule has 3 rings (SSSR count). The van der Waals surface area contributed by atoms with Gasteiger partial charge in [-0.2, -0.15) is 0 Å². The zero-order valence-electron chi connectivity index (χ0n) is 14.3. The molecule has 1 heterocycles. The standard InChI is InChI=1S/C20H17N3O4/c24-16-11-9-15(10-12-16)21-18(25)13-23-19(26)17(22-20(23)27)8-4-7-14-5-2-1-3-6-14/h1-12,24H,13H2,(H,21,25)(H,22,27)/b7-4+,17-8-. The molecule has 2 aromatic carbocycles. The third-order valence-corrected chi connectivity index (χ3v) is 3.77. The van der Waals surface area contributed by atoms with Crippen LogP contribution < -0.4 is 10.6 Å². The average Bonchev–Trinajstić information content (AvgIpc) is 2.92. The van der Waals surface area contributed by atoms with Crippen molar-refractivity contribution in [1.82, 2.24) is 10.2 Å². The van der Waals surface area contributed by atoms with Gasteiger partial charge in [-0.15, -0.1) is 0 Å². The number of nitrogens with one attached hydrogen (secondary N) is 2. The molecule has 136 valence electrons. The van der Waals surface area contributed by atoms with E-state index in [2.05, 4.69) is 10.6 Å². The molecule has 0 spiro atoms. The van der Waals surface area contributed by atoms with E-state index in [1.165, 1.54) is 30.3 Å². The molecule has 0 radical (unpaired) electrons. The van der Waals surface area contributed by atoms with Gasteiger partial charge in [0.05, 0.1) is 0 Å². The molecule has 1 saturated heterocycles. The van der Waals surface area contributed by atoms with Gasteiger partial charge in [-0.05, 0) is 35.9 Å². The summed E-state index contributed by atoms with van der Waals surface area (Å²) >= 11 is 0. The maximum absolute atomic E-state index is 12.3. The van der Waals surface area contributed by atoms with Gasteiger partial charge in [0.1, 0.15) is 18.0 Å². The summed E-state index contributed by atoms with van der Waals surface area (Å²) in [6.07, 6.45) is 4.95. The molecule has 3 N–H and O–H groups in total. The van der Waals surface area contributed by atoms with E-state index in [1.807, 2.05) is 30.3 Å². The average molecular weight is 363 g/mol. The monoisotopic (exact) mass is 363 g/mol. The first-order valence-electron chi connectivity index (χ1n) is 8.18. The number of rotatable bonds is 5. The van der Waals surface area contributed by atoms with Gasteiger partial charge in [-0.1, -0.05) is 42.5 Å². The summed E-state index contributed by atoms with van der Waals surface area (Å²) in [5.41, 5.74) is 1.51. The Bertz CT molecular complexity index is 918. The second kappa shape index (κ2) is 8.01. The number of imide groups is 1. The lowest BCUT2D eigenvalue weighted by Crippen LogP contribution is -2.38. The number of phenols is 1. The number of hydrogen-bond donors (Lipinski definition) is 3. The number of anilines is 1. The van der Waals surface area contributed by atoms with Crippen molar-refractivity contribution in [2.24, 2.45) is 0 Å². The van der Waals surface area contributed by atoms with Crippen LogP contribution in [0.3, 0.4) is 0 Å². The first-order valence-corrected chi connectivity index (χ1v) is 8.18. The third kappa shape index (κ3) is 4.60. The highest BCUT2D eigenvalue weighted by atomic mass is 16.3. The van der Waals surface area contributed by atoms with Gasteiger partial charge in [0.2, 0.25) is 5.91 Å². The van der Waals surface area contributed by atoms with Crippen molar-refractivity contribution in [3.8, 4) is 5.75 Å². The van der Waals surface area contributed by atoms with Crippen LogP contribution in [0, 0.1) is 0 Å². The lowest BCUT2D eigenvalue weighted by atomic mass is 10.2. The molecular weight excluding hydrogens is 346 g/mol. The molecule has 1 fully saturated rings. The third-order valence-electron chi connectivity index (χ3n) is 3.77. The van der Waals surface area contributed by atoms with Crippen molar-refractivity contribution >= 4 is 29.6 Å². The number of hydrogen-bond acceptors (Lipinski definition) is 4. The minimum atomic E-state index is -0.653. The first-order chi connectivity index (χ1) is 13.0. The molecule has 7 heteroatoms. The summed E-state index contributed by atoms with van der Waals surface area (Å²) in [5, 5.41) is 14.2. The van der Waals surface area contributed by atoms with Gasteiger partial charge in [-0.25, -0.2) is 9.69 Å². The minimum absolute atomic E-state index is 0.0698. The van der Waals surface area contributed by atoms with Crippen molar-refractivity contribution in [3.63, 3.8) is 0 Å². The van der Waals surface area contributed by atoms with E-state index in [0.717, 1.165) is 10.5 Å². The summed E-state index contributed by atoms with van der Waals surface area (Å²) in [7, 11) is 0. The molecule has 4 amide bonds. The summed E-state index contributed by atoms with van der Waals surface area (Å²) < 4.78 is 0. The van der Waals surface area contributed by atoms with E-state index in [9.17, 15) is 19.5 Å². The minimum Gasteiger partial charge on any atom is -0.508 e. The van der Waals surface area contributed by atoms with Crippen molar-refractivity contribution in [2.75, 3.05) is 11.9 Å². The number of phenolic OH excluding ortho intramolecular Hbond substituents is 1.